The molecule has 0 aliphatic carbocycles. The van der Waals surface area contributed by atoms with E-state index >= 15 is 0 Å². The first-order valence-corrected chi connectivity index (χ1v) is 6.85. The van der Waals surface area contributed by atoms with Gasteiger partial charge in [-0.25, -0.2) is 4.98 Å². The number of thiophene rings is 1. The lowest BCUT2D eigenvalue weighted by atomic mass is 10.1. The van der Waals surface area contributed by atoms with Gasteiger partial charge >= 0.3 is 0 Å². The van der Waals surface area contributed by atoms with Crippen molar-refractivity contribution in [1.82, 2.24) is 10.3 Å². The number of nitrogens with zero attached hydrogens (tertiary/aromatic N) is 1. The molecule has 1 unspecified atom stereocenters. The van der Waals surface area contributed by atoms with Gasteiger partial charge in [0.25, 0.3) is 0 Å². The van der Waals surface area contributed by atoms with E-state index in [-0.39, 0.29) is 0 Å². The predicted molar refractivity (Wildman–Crippen MR) is 66.6 cm³/mol. The summed E-state index contributed by atoms with van der Waals surface area (Å²) < 4.78 is 0. The lowest BCUT2D eigenvalue weighted by Crippen LogP contribution is -2.17. The van der Waals surface area contributed by atoms with Gasteiger partial charge < -0.3 is 5.32 Å². The molecule has 2 nitrogen and oxygen atoms in total. The van der Waals surface area contributed by atoms with Gasteiger partial charge in [-0.1, -0.05) is 0 Å². The Bertz CT molecular complexity index is 367. The van der Waals surface area contributed by atoms with Crippen LogP contribution in [0.3, 0.4) is 0 Å². The summed E-state index contributed by atoms with van der Waals surface area (Å²) in [7, 11) is 2.00. The second-order valence-electron chi connectivity index (χ2n) is 3.42. The van der Waals surface area contributed by atoms with E-state index in [4.69, 9.17) is 0 Å². The Morgan fingerprint density at radius 1 is 1.40 bits per heavy atom. The van der Waals surface area contributed by atoms with Gasteiger partial charge in [0.1, 0.15) is 0 Å². The van der Waals surface area contributed by atoms with E-state index in [0.29, 0.717) is 6.04 Å². The fourth-order valence-corrected chi connectivity index (χ4v) is 2.89. The van der Waals surface area contributed by atoms with Gasteiger partial charge in [-0.2, -0.15) is 11.3 Å². The molecule has 0 aliphatic rings. The van der Waals surface area contributed by atoms with E-state index in [1.54, 1.807) is 22.7 Å². The normalized spacial score (nSPS) is 12.9. The van der Waals surface area contributed by atoms with E-state index in [1.807, 2.05) is 12.6 Å². The van der Waals surface area contributed by atoms with Crippen molar-refractivity contribution < 1.29 is 0 Å². The third kappa shape index (κ3) is 2.87. The van der Waals surface area contributed by atoms with Crippen LogP contribution in [0.5, 0.6) is 0 Å². The van der Waals surface area contributed by atoms with Crippen LogP contribution in [0.4, 0.5) is 0 Å². The van der Waals surface area contributed by atoms with Gasteiger partial charge in [-0.15, -0.1) is 11.3 Å². The molecule has 80 valence electrons. The molecule has 0 aromatic carbocycles. The number of aryl methyl sites for hydroxylation is 1. The minimum Gasteiger partial charge on any atom is -0.312 e. The van der Waals surface area contributed by atoms with Gasteiger partial charge in [0.2, 0.25) is 0 Å². The molecule has 1 atom stereocenters. The number of rotatable bonds is 5. The molecule has 0 amide bonds. The molecule has 0 fully saturated rings. The number of hydrogen-bond donors (Lipinski definition) is 1. The van der Waals surface area contributed by atoms with Crippen LogP contribution in [-0.4, -0.2) is 12.0 Å². The molecule has 0 saturated carbocycles. The van der Waals surface area contributed by atoms with E-state index in [9.17, 15) is 0 Å². The van der Waals surface area contributed by atoms with Gasteiger partial charge in [0.05, 0.1) is 17.2 Å². The summed E-state index contributed by atoms with van der Waals surface area (Å²) in [4.78, 5) is 4.35. The first-order chi connectivity index (χ1) is 7.40. The van der Waals surface area contributed by atoms with Crippen LogP contribution >= 0.6 is 22.7 Å². The van der Waals surface area contributed by atoms with Crippen LogP contribution in [0.2, 0.25) is 0 Å². The zero-order valence-corrected chi connectivity index (χ0v) is 10.3. The monoisotopic (exact) mass is 238 g/mol. The molecular weight excluding hydrogens is 224 g/mol. The molecule has 1 N–H and O–H groups in total. The van der Waals surface area contributed by atoms with Gasteiger partial charge in [0, 0.05) is 5.38 Å². The van der Waals surface area contributed by atoms with Crippen LogP contribution in [0, 0.1) is 0 Å². The summed E-state index contributed by atoms with van der Waals surface area (Å²) in [5.41, 5.74) is 4.48. The Hall–Kier alpha value is -0.710. The van der Waals surface area contributed by atoms with Crippen LogP contribution in [0.1, 0.15) is 23.7 Å². The Balaban J connectivity index is 1.92. The maximum Gasteiger partial charge on any atom is 0.0795 e. The predicted octanol–water partition coefficient (Wildman–Crippen LogP) is 3.10. The highest BCUT2D eigenvalue weighted by Crippen LogP contribution is 2.19. The topological polar surface area (TPSA) is 24.9 Å². The van der Waals surface area contributed by atoms with Crippen LogP contribution in [-0.2, 0) is 6.42 Å². The highest BCUT2D eigenvalue weighted by atomic mass is 32.1. The molecule has 0 bridgehead atoms. The number of hydrogen-bond acceptors (Lipinski definition) is 4. The maximum absolute atomic E-state index is 4.35. The standard InChI is InChI=1S/C11H14N2S2/c1-12-10(11-7-15-8-13-11)3-2-9-4-5-14-6-9/h4-8,10,12H,2-3H2,1H3. The fraction of sp³-hybridized carbons (Fsp3) is 0.364. The Labute approximate surface area is 98.0 Å². The molecule has 0 saturated heterocycles. The van der Waals surface area contributed by atoms with E-state index in [1.165, 1.54) is 5.56 Å². The molecule has 15 heavy (non-hydrogen) atoms. The number of thiazole rings is 1. The summed E-state index contributed by atoms with van der Waals surface area (Å²) in [6.45, 7) is 0. The molecule has 2 rings (SSSR count). The van der Waals surface area contributed by atoms with Gasteiger partial charge in [-0.3, -0.25) is 0 Å². The van der Waals surface area contributed by atoms with E-state index in [2.05, 4.69) is 32.5 Å². The molecular formula is C11H14N2S2. The van der Waals surface area contributed by atoms with Crippen molar-refractivity contribution in [3.8, 4) is 0 Å². The van der Waals surface area contributed by atoms with E-state index in [0.717, 1.165) is 18.5 Å². The molecule has 0 aliphatic heterocycles. The van der Waals surface area contributed by atoms with Gasteiger partial charge in [0.15, 0.2) is 0 Å². The van der Waals surface area contributed by atoms with Crippen molar-refractivity contribution in [3.63, 3.8) is 0 Å². The molecule has 0 radical (unpaired) electrons. The zero-order valence-electron chi connectivity index (χ0n) is 8.64. The molecule has 4 heteroatoms. The summed E-state index contributed by atoms with van der Waals surface area (Å²) in [5, 5.41) is 9.78. The van der Waals surface area contributed by atoms with Crippen LogP contribution < -0.4 is 5.32 Å². The zero-order chi connectivity index (χ0) is 10.5. The van der Waals surface area contributed by atoms with E-state index < -0.39 is 0 Å². The van der Waals surface area contributed by atoms with Crippen molar-refractivity contribution in [2.24, 2.45) is 0 Å². The fourth-order valence-electron chi connectivity index (χ4n) is 1.58. The molecule has 2 aromatic rings. The number of nitrogens with one attached hydrogen (secondary N) is 1. The Morgan fingerprint density at radius 2 is 2.33 bits per heavy atom. The summed E-state index contributed by atoms with van der Waals surface area (Å²) in [5.74, 6) is 0. The van der Waals surface area contributed by atoms with Crippen LogP contribution in [0.25, 0.3) is 0 Å². The summed E-state index contributed by atoms with van der Waals surface area (Å²) >= 11 is 3.42. The average Bonchev–Trinajstić information content (AvgIpc) is 2.90. The largest absolute Gasteiger partial charge is 0.312 e. The second-order valence-corrected chi connectivity index (χ2v) is 4.92. The van der Waals surface area contributed by atoms with Crippen molar-refractivity contribution in [3.05, 3.63) is 39.0 Å². The second kappa shape index (κ2) is 5.39. The van der Waals surface area contributed by atoms with Gasteiger partial charge in [-0.05, 0) is 42.3 Å². The third-order valence-electron chi connectivity index (χ3n) is 2.46. The molecule has 0 spiro atoms. The Kier molecular flexibility index (Phi) is 3.88. The SMILES string of the molecule is CNC(CCc1ccsc1)c1cscn1. The quantitative estimate of drug-likeness (QED) is 0.866. The highest BCUT2D eigenvalue weighted by Gasteiger charge is 2.10. The summed E-state index contributed by atoms with van der Waals surface area (Å²) in [6, 6.07) is 2.58. The minimum absolute atomic E-state index is 0.385. The average molecular weight is 238 g/mol. The molecule has 2 aromatic heterocycles. The van der Waals surface area contributed by atoms with Crippen molar-refractivity contribution in [2.45, 2.75) is 18.9 Å². The van der Waals surface area contributed by atoms with Crippen molar-refractivity contribution in [1.29, 1.82) is 0 Å². The van der Waals surface area contributed by atoms with Crippen molar-refractivity contribution in [2.75, 3.05) is 7.05 Å². The lowest BCUT2D eigenvalue weighted by Gasteiger charge is -2.12. The third-order valence-corrected chi connectivity index (χ3v) is 3.80. The minimum atomic E-state index is 0.385. The maximum atomic E-state index is 4.35. The van der Waals surface area contributed by atoms with Crippen molar-refractivity contribution >= 4 is 22.7 Å². The molecule has 2 heterocycles. The smallest absolute Gasteiger partial charge is 0.0795 e. The first kappa shape index (κ1) is 10.8. The number of aromatic nitrogens is 1. The van der Waals surface area contributed by atoms with Crippen LogP contribution in [0.15, 0.2) is 27.7 Å². The highest BCUT2D eigenvalue weighted by molar-refractivity contribution is 7.08. The first-order valence-electron chi connectivity index (χ1n) is 4.96. The lowest BCUT2D eigenvalue weighted by molar-refractivity contribution is 0.539. The summed E-state index contributed by atoms with van der Waals surface area (Å²) in [6.07, 6.45) is 2.23. The Morgan fingerprint density at radius 3 is 2.93 bits per heavy atom.